The number of carbonyl (C=O) groups is 1. The third-order valence-electron chi connectivity index (χ3n) is 3.56. The second kappa shape index (κ2) is 5.38. The van der Waals surface area contributed by atoms with E-state index in [4.69, 9.17) is 9.15 Å². The number of furan rings is 1. The van der Waals surface area contributed by atoms with Crippen molar-refractivity contribution in [2.24, 2.45) is 0 Å². The van der Waals surface area contributed by atoms with Crippen molar-refractivity contribution in [3.8, 4) is 0 Å². The van der Waals surface area contributed by atoms with E-state index in [9.17, 15) is 4.79 Å². The molecule has 4 heteroatoms. The number of ketones is 1. The molecule has 0 radical (unpaired) electrons. The maximum absolute atomic E-state index is 12.3. The van der Waals surface area contributed by atoms with Gasteiger partial charge in [0, 0.05) is 18.5 Å². The lowest BCUT2D eigenvalue weighted by atomic mass is 10.2. The second-order valence-corrected chi connectivity index (χ2v) is 5.52. The summed E-state index contributed by atoms with van der Waals surface area (Å²) in [6.45, 7) is 6.03. The van der Waals surface area contributed by atoms with Gasteiger partial charge in [0.1, 0.15) is 5.58 Å². The minimum atomic E-state index is 0.0301. The van der Waals surface area contributed by atoms with Crippen molar-refractivity contribution in [3.63, 3.8) is 0 Å². The molecule has 0 aliphatic carbocycles. The number of benzene rings is 1. The van der Waals surface area contributed by atoms with Gasteiger partial charge < -0.3 is 9.15 Å². The molecule has 0 N–H and O–H groups in total. The van der Waals surface area contributed by atoms with Gasteiger partial charge in [0.2, 0.25) is 5.78 Å². The fourth-order valence-electron chi connectivity index (χ4n) is 2.81. The highest BCUT2D eigenvalue weighted by Gasteiger charge is 2.25. The lowest BCUT2D eigenvalue weighted by Crippen LogP contribution is -2.47. The topological polar surface area (TPSA) is 42.7 Å². The standard InChI is InChI=1S/C16H19NO3/c1-11-8-17(9-12(2)19-11)10-14(18)16-7-13-5-3-4-6-15(13)20-16/h3-7,11-12H,8-10H2,1-2H3/t11-,12+. The van der Waals surface area contributed by atoms with Crippen LogP contribution in [0.25, 0.3) is 11.0 Å². The summed E-state index contributed by atoms with van der Waals surface area (Å²) in [5, 5.41) is 0.972. The van der Waals surface area contributed by atoms with E-state index in [0.29, 0.717) is 12.3 Å². The molecule has 0 saturated carbocycles. The van der Waals surface area contributed by atoms with E-state index in [1.807, 2.05) is 44.2 Å². The number of hydrogen-bond acceptors (Lipinski definition) is 4. The third-order valence-corrected chi connectivity index (χ3v) is 3.56. The molecule has 2 atom stereocenters. The van der Waals surface area contributed by atoms with Crippen LogP contribution in [0.4, 0.5) is 0 Å². The molecule has 1 aliphatic heterocycles. The molecule has 0 unspecified atom stereocenters. The molecule has 4 nitrogen and oxygen atoms in total. The molecule has 1 fully saturated rings. The predicted octanol–water partition coefficient (Wildman–Crippen LogP) is 2.72. The van der Waals surface area contributed by atoms with Crippen LogP contribution in [0.3, 0.4) is 0 Å². The van der Waals surface area contributed by atoms with Crippen LogP contribution < -0.4 is 0 Å². The van der Waals surface area contributed by atoms with Gasteiger partial charge in [-0.05, 0) is 26.0 Å². The Morgan fingerprint density at radius 1 is 1.25 bits per heavy atom. The van der Waals surface area contributed by atoms with Crippen LogP contribution in [-0.2, 0) is 4.74 Å². The van der Waals surface area contributed by atoms with Crippen molar-refractivity contribution in [1.29, 1.82) is 0 Å². The monoisotopic (exact) mass is 273 g/mol. The Hall–Kier alpha value is -1.65. The largest absolute Gasteiger partial charge is 0.453 e. The fourth-order valence-corrected chi connectivity index (χ4v) is 2.81. The Kier molecular flexibility index (Phi) is 3.59. The lowest BCUT2D eigenvalue weighted by Gasteiger charge is -2.34. The van der Waals surface area contributed by atoms with Crippen LogP contribution in [0.2, 0.25) is 0 Å². The number of rotatable bonds is 3. The van der Waals surface area contributed by atoms with Gasteiger partial charge in [-0.1, -0.05) is 18.2 Å². The highest BCUT2D eigenvalue weighted by atomic mass is 16.5. The Labute approximate surface area is 118 Å². The number of para-hydroxylation sites is 1. The van der Waals surface area contributed by atoms with E-state index < -0.39 is 0 Å². The summed E-state index contributed by atoms with van der Waals surface area (Å²) in [7, 11) is 0. The van der Waals surface area contributed by atoms with E-state index in [2.05, 4.69) is 4.90 Å². The summed E-state index contributed by atoms with van der Waals surface area (Å²) >= 11 is 0. The van der Waals surface area contributed by atoms with Gasteiger partial charge in [0.05, 0.1) is 18.8 Å². The van der Waals surface area contributed by atoms with Crippen LogP contribution in [-0.4, -0.2) is 42.5 Å². The van der Waals surface area contributed by atoms with Crippen molar-refractivity contribution in [1.82, 2.24) is 4.90 Å². The number of hydrogen-bond donors (Lipinski definition) is 0. The highest BCUT2D eigenvalue weighted by molar-refractivity contribution is 5.98. The zero-order valence-corrected chi connectivity index (χ0v) is 11.8. The summed E-state index contributed by atoms with van der Waals surface area (Å²) in [4.78, 5) is 14.5. The van der Waals surface area contributed by atoms with Crippen molar-refractivity contribution in [3.05, 3.63) is 36.1 Å². The molecule has 1 aliphatic rings. The SMILES string of the molecule is C[C@@H]1CN(CC(=O)c2cc3ccccc3o2)C[C@H](C)O1. The number of carbonyl (C=O) groups excluding carboxylic acids is 1. The van der Waals surface area contributed by atoms with Gasteiger partial charge >= 0.3 is 0 Å². The third kappa shape index (κ3) is 2.76. The van der Waals surface area contributed by atoms with Crippen LogP contribution in [0.5, 0.6) is 0 Å². The normalized spacial score (nSPS) is 24.1. The first-order chi connectivity index (χ1) is 9.61. The molecule has 20 heavy (non-hydrogen) atoms. The van der Waals surface area contributed by atoms with E-state index >= 15 is 0 Å². The predicted molar refractivity (Wildman–Crippen MR) is 77.0 cm³/mol. The van der Waals surface area contributed by atoms with Crippen molar-refractivity contribution in [2.45, 2.75) is 26.1 Å². The van der Waals surface area contributed by atoms with Crippen molar-refractivity contribution in [2.75, 3.05) is 19.6 Å². The Bertz CT molecular complexity index is 576. The fraction of sp³-hybridized carbons (Fsp3) is 0.438. The summed E-state index contributed by atoms with van der Waals surface area (Å²) in [5.41, 5.74) is 0.763. The van der Waals surface area contributed by atoms with Gasteiger partial charge in [-0.25, -0.2) is 0 Å². The molecule has 1 aromatic heterocycles. The minimum absolute atomic E-state index is 0.0301. The minimum Gasteiger partial charge on any atom is -0.453 e. The molecule has 1 aromatic carbocycles. The number of nitrogens with zero attached hydrogens (tertiary/aromatic N) is 1. The molecule has 0 spiro atoms. The van der Waals surface area contributed by atoms with Crippen LogP contribution in [0.1, 0.15) is 24.4 Å². The maximum Gasteiger partial charge on any atom is 0.211 e. The van der Waals surface area contributed by atoms with Gasteiger partial charge in [-0.15, -0.1) is 0 Å². The van der Waals surface area contributed by atoms with Crippen molar-refractivity contribution < 1.29 is 13.9 Å². The Morgan fingerprint density at radius 2 is 1.95 bits per heavy atom. The van der Waals surface area contributed by atoms with Crippen LogP contribution in [0.15, 0.2) is 34.7 Å². The van der Waals surface area contributed by atoms with Crippen LogP contribution >= 0.6 is 0 Å². The molecule has 2 heterocycles. The molecule has 1 saturated heterocycles. The Balaban J connectivity index is 1.72. The average Bonchev–Trinajstić information content (AvgIpc) is 2.81. The van der Waals surface area contributed by atoms with Gasteiger partial charge in [0.25, 0.3) is 0 Å². The van der Waals surface area contributed by atoms with Gasteiger partial charge in [0.15, 0.2) is 5.76 Å². The maximum atomic E-state index is 12.3. The van der Waals surface area contributed by atoms with E-state index in [1.165, 1.54) is 0 Å². The van der Waals surface area contributed by atoms with Gasteiger partial charge in [-0.3, -0.25) is 9.69 Å². The first-order valence-electron chi connectivity index (χ1n) is 7.01. The smallest absolute Gasteiger partial charge is 0.211 e. The number of ether oxygens (including phenoxy) is 1. The second-order valence-electron chi connectivity index (χ2n) is 5.52. The molecular weight excluding hydrogens is 254 g/mol. The Morgan fingerprint density at radius 3 is 2.65 bits per heavy atom. The number of Topliss-reactive ketones (excluding diaryl/α,β-unsaturated/α-hetero) is 1. The molecule has 2 aromatic rings. The summed E-state index contributed by atoms with van der Waals surface area (Å²) in [6, 6.07) is 9.51. The first-order valence-corrected chi connectivity index (χ1v) is 7.01. The van der Waals surface area contributed by atoms with Crippen LogP contribution in [0, 0.1) is 0 Å². The molecule has 3 rings (SSSR count). The quantitative estimate of drug-likeness (QED) is 0.806. The average molecular weight is 273 g/mol. The summed E-state index contributed by atoms with van der Waals surface area (Å²) in [5.74, 6) is 0.473. The van der Waals surface area contributed by atoms with E-state index in [0.717, 1.165) is 24.1 Å². The summed E-state index contributed by atoms with van der Waals surface area (Å²) < 4.78 is 11.3. The van der Waals surface area contributed by atoms with E-state index in [1.54, 1.807) is 0 Å². The first kappa shape index (κ1) is 13.3. The van der Waals surface area contributed by atoms with Crippen molar-refractivity contribution >= 4 is 16.8 Å². The molecule has 0 amide bonds. The number of morpholine rings is 1. The summed E-state index contributed by atoms with van der Waals surface area (Å²) in [6.07, 6.45) is 0.337. The molecule has 106 valence electrons. The van der Waals surface area contributed by atoms with Gasteiger partial charge in [-0.2, -0.15) is 0 Å². The molecule has 0 bridgehead atoms. The lowest BCUT2D eigenvalue weighted by molar-refractivity contribution is -0.0653. The zero-order chi connectivity index (χ0) is 14.1. The number of fused-ring (bicyclic) bond motifs is 1. The molecular formula is C16H19NO3. The highest BCUT2D eigenvalue weighted by Crippen LogP contribution is 2.20. The van der Waals surface area contributed by atoms with E-state index in [-0.39, 0.29) is 18.0 Å². The zero-order valence-electron chi connectivity index (χ0n) is 11.8.